The Morgan fingerprint density at radius 3 is 2.73 bits per heavy atom. The summed E-state index contributed by atoms with van der Waals surface area (Å²) in [5.41, 5.74) is 1.29. The lowest BCUT2D eigenvalue weighted by molar-refractivity contribution is -0.130. The predicted octanol–water partition coefficient (Wildman–Crippen LogP) is 3.01. The maximum Gasteiger partial charge on any atom is 0.235 e. The van der Waals surface area contributed by atoms with Crippen LogP contribution >= 0.6 is 11.8 Å². The molecule has 3 nitrogen and oxygen atoms in total. The molecule has 22 heavy (non-hydrogen) atoms. The quantitative estimate of drug-likeness (QED) is 0.838. The Balaban J connectivity index is 1.91. The molecule has 0 spiro atoms. The Labute approximate surface area is 138 Å². The predicted molar refractivity (Wildman–Crippen MR) is 95.0 cm³/mol. The lowest BCUT2D eigenvalue weighted by Crippen LogP contribution is -2.39. The van der Waals surface area contributed by atoms with E-state index in [1.165, 1.54) is 5.56 Å². The van der Waals surface area contributed by atoms with Gasteiger partial charge in [0.25, 0.3) is 0 Å². The Morgan fingerprint density at radius 2 is 2.09 bits per heavy atom. The second-order valence-corrected chi connectivity index (χ2v) is 7.59. The summed E-state index contributed by atoms with van der Waals surface area (Å²) in [6.45, 7) is 7.14. The van der Waals surface area contributed by atoms with Crippen LogP contribution in [-0.2, 0) is 10.5 Å². The highest BCUT2D eigenvalue weighted by Crippen LogP contribution is 2.28. The van der Waals surface area contributed by atoms with E-state index in [-0.39, 0.29) is 5.25 Å². The van der Waals surface area contributed by atoms with Crippen molar-refractivity contribution in [3.63, 3.8) is 0 Å². The van der Waals surface area contributed by atoms with Gasteiger partial charge in [-0.25, -0.2) is 0 Å². The van der Waals surface area contributed by atoms with Crippen LogP contribution in [0, 0.1) is 11.8 Å². The van der Waals surface area contributed by atoms with E-state index >= 15 is 0 Å². The summed E-state index contributed by atoms with van der Waals surface area (Å²) in [7, 11) is 1.98. The summed E-state index contributed by atoms with van der Waals surface area (Å²) < 4.78 is 0. The molecule has 1 aromatic carbocycles. The van der Waals surface area contributed by atoms with Gasteiger partial charge in [0, 0.05) is 18.8 Å². The molecule has 2 atom stereocenters. The molecular weight excluding hydrogens is 292 g/mol. The van der Waals surface area contributed by atoms with E-state index in [4.69, 9.17) is 0 Å². The highest BCUT2D eigenvalue weighted by molar-refractivity contribution is 7.99. The standard InChI is InChI=1S/C18H28N2OS/c1-14(2)17(22-13-15-7-5-4-6-8-15)18(21)20-10-9-16(12-20)11-19-3/h4-8,14,16-17,19H,9-13H2,1-3H3. The van der Waals surface area contributed by atoms with E-state index in [1.54, 1.807) is 11.8 Å². The minimum absolute atomic E-state index is 0.0635. The molecule has 4 heteroatoms. The number of nitrogens with zero attached hydrogens (tertiary/aromatic N) is 1. The zero-order chi connectivity index (χ0) is 15.9. The lowest BCUT2D eigenvalue weighted by atomic mass is 10.1. The molecule has 1 aromatic rings. The molecule has 1 aliphatic heterocycles. The second-order valence-electron chi connectivity index (χ2n) is 6.46. The van der Waals surface area contributed by atoms with E-state index in [1.807, 2.05) is 13.1 Å². The van der Waals surface area contributed by atoms with Crippen molar-refractivity contribution in [2.45, 2.75) is 31.3 Å². The average Bonchev–Trinajstić information content (AvgIpc) is 2.97. The molecule has 1 aliphatic rings. The third-order valence-electron chi connectivity index (χ3n) is 4.21. The van der Waals surface area contributed by atoms with Crippen molar-refractivity contribution < 1.29 is 4.79 Å². The second kappa shape index (κ2) is 8.59. The molecule has 2 unspecified atom stereocenters. The third kappa shape index (κ3) is 4.75. The number of nitrogens with one attached hydrogen (secondary N) is 1. The average molecular weight is 321 g/mol. The van der Waals surface area contributed by atoms with Crippen LogP contribution in [0.15, 0.2) is 30.3 Å². The lowest BCUT2D eigenvalue weighted by Gasteiger charge is -2.26. The maximum atomic E-state index is 12.8. The normalized spacial score (nSPS) is 19.6. The van der Waals surface area contributed by atoms with Crippen molar-refractivity contribution in [3.05, 3.63) is 35.9 Å². The number of thioether (sulfide) groups is 1. The summed E-state index contributed by atoms with van der Waals surface area (Å²) >= 11 is 1.79. The van der Waals surface area contributed by atoms with Gasteiger partial charge in [-0.15, -0.1) is 11.8 Å². The SMILES string of the molecule is CNCC1CCN(C(=O)C(SCc2ccccc2)C(C)C)C1. The van der Waals surface area contributed by atoms with Gasteiger partial charge < -0.3 is 10.2 Å². The van der Waals surface area contributed by atoms with E-state index in [2.05, 4.69) is 48.3 Å². The van der Waals surface area contributed by atoms with Crippen LogP contribution in [0.25, 0.3) is 0 Å². The molecule has 0 radical (unpaired) electrons. The van der Waals surface area contributed by atoms with Gasteiger partial charge in [0.1, 0.15) is 0 Å². The topological polar surface area (TPSA) is 32.3 Å². The van der Waals surface area contributed by atoms with E-state index in [0.29, 0.717) is 17.7 Å². The molecule has 0 aliphatic carbocycles. The number of carbonyl (C=O) groups excluding carboxylic acids is 1. The van der Waals surface area contributed by atoms with E-state index < -0.39 is 0 Å². The molecule has 1 amide bonds. The monoisotopic (exact) mass is 320 g/mol. The summed E-state index contributed by atoms with van der Waals surface area (Å²) in [5, 5.41) is 3.29. The minimum atomic E-state index is 0.0635. The zero-order valence-electron chi connectivity index (χ0n) is 13.9. The summed E-state index contributed by atoms with van der Waals surface area (Å²) in [6.07, 6.45) is 1.13. The number of amides is 1. The Bertz CT molecular complexity index is 463. The first-order valence-electron chi connectivity index (χ1n) is 8.20. The number of benzene rings is 1. The van der Waals surface area contributed by atoms with Crippen LogP contribution in [0.3, 0.4) is 0 Å². The van der Waals surface area contributed by atoms with Gasteiger partial charge in [-0.2, -0.15) is 0 Å². The molecular formula is C18H28N2OS. The Hall–Kier alpha value is -1.00. The first kappa shape index (κ1) is 17.4. The largest absolute Gasteiger partial charge is 0.341 e. The highest BCUT2D eigenvalue weighted by Gasteiger charge is 2.32. The molecule has 0 bridgehead atoms. The third-order valence-corrected chi connectivity index (χ3v) is 5.82. The molecule has 0 saturated carbocycles. The number of carbonyl (C=O) groups is 1. The van der Waals surface area contributed by atoms with Gasteiger partial charge in [0.05, 0.1) is 5.25 Å². The van der Waals surface area contributed by atoms with Crippen LogP contribution in [-0.4, -0.2) is 42.7 Å². The number of rotatable bonds is 7. The fourth-order valence-electron chi connectivity index (χ4n) is 2.98. The first-order chi connectivity index (χ1) is 10.6. The van der Waals surface area contributed by atoms with Gasteiger partial charge >= 0.3 is 0 Å². The van der Waals surface area contributed by atoms with E-state index in [0.717, 1.165) is 31.8 Å². The molecule has 1 N–H and O–H groups in total. The van der Waals surface area contributed by atoms with Crippen molar-refractivity contribution in [3.8, 4) is 0 Å². The van der Waals surface area contributed by atoms with Gasteiger partial charge in [0.15, 0.2) is 0 Å². The smallest absolute Gasteiger partial charge is 0.235 e. The van der Waals surface area contributed by atoms with Gasteiger partial charge in [0.2, 0.25) is 5.91 Å². The summed E-state index contributed by atoms with van der Waals surface area (Å²) in [6, 6.07) is 10.4. The summed E-state index contributed by atoms with van der Waals surface area (Å²) in [5.74, 6) is 2.21. The highest BCUT2D eigenvalue weighted by atomic mass is 32.2. The maximum absolute atomic E-state index is 12.8. The molecule has 0 aromatic heterocycles. The van der Waals surface area contributed by atoms with Crippen LogP contribution in [0.1, 0.15) is 25.8 Å². The van der Waals surface area contributed by atoms with Crippen LogP contribution < -0.4 is 5.32 Å². The van der Waals surface area contributed by atoms with Crippen molar-refractivity contribution in [2.75, 3.05) is 26.7 Å². The summed E-state index contributed by atoms with van der Waals surface area (Å²) in [4.78, 5) is 14.9. The molecule has 2 rings (SSSR count). The first-order valence-corrected chi connectivity index (χ1v) is 9.25. The van der Waals surface area contributed by atoms with Crippen molar-refractivity contribution in [2.24, 2.45) is 11.8 Å². The van der Waals surface area contributed by atoms with E-state index in [9.17, 15) is 4.79 Å². The van der Waals surface area contributed by atoms with Gasteiger partial charge in [-0.3, -0.25) is 4.79 Å². The van der Waals surface area contributed by atoms with Crippen molar-refractivity contribution in [1.29, 1.82) is 0 Å². The minimum Gasteiger partial charge on any atom is -0.341 e. The van der Waals surface area contributed by atoms with Crippen molar-refractivity contribution >= 4 is 17.7 Å². The van der Waals surface area contributed by atoms with Gasteiger partial charge in [-0.05, 0) is 37.4 Å². The Kier molecular flexibility index (Phi) is 6.77. The fraction of sp³-hybridized carbons (Fsp3) is 0.611. The molecule has 1 saturated heterocycles. The molecule has 1 heterocycles. The van der Waals surface area contributed by atoms with Crippen LogP contribution in [0.4, 0.5) is 0 Å². The number of hydrogen-bond acceptors (Lipinski definition) is 3. The number of likely N-dealkylation sites (tertiary alicyclic amines) is 1. The Morgan fingerprint density at radius 1 is 1.36 bits per heavy atom. The number of hydrogen-bond donors (Lipinski definition) is 1. The van der Waals surface area contributed by atoms with Crippen LogP contribution in [0.5, 0.6) is 0 Å². The zero-order valence-corrected chi connectivity index (χ0v) is 14.7. The van der Waals surface area contributed by atoms with Crippen molar-refractivity contribution in [1.82, 2.24) is 10.2 Å². The molecule has 1 fully saturated rings. The fourth-order valence-corrected chi connectivity index (χ4v) is 4.22. The van der Waals surface area contributed by atoms with Crippen LogP contribution in [0.2, 0.25) is 0 Å². The van der Waals surface area contributed by atoms with Gasteiger partial charge in [-0.1, -0.05) is 44.2 Å². The molecule has 122 valence electrons.